The first-order chi connectivity index (χ1) is 45.6. The quantitative estimate of drug-likeness (QED) is 0.0251. The van der Waals surface area contributed by atoms with Crippen LogP contribution in [0.3, 0.4) is 0 Å². The SMILES string of the molecule is CC[C@H](C)[C@@H]([C@@H](CC(=O)N1CCC[C@H]1[C@H](OC)[C@@H](C)C(=O)N[C@H](C)[C@@H](O)c1ccccc1)OC)N(C)C(=O)[C@@H](NC(=O)[C@H](C(C)C)N(C)C(=O)OCc1ccc(NC(=O)[C@H](CC2CCC(CN)CC2)NC(=O)[C@@H](N[C@@H](C)CCCCCN2C(=O)C=CC2=O)C(C)C)cc1)C(C)C. The van der Waals surface area contributed by atoms with Crippen molar-refractivity contribution in [1.29, 1.82) is 0 Å². The minimum atomic E-state index is -1.05. The van der Waals surface area contributed by atoms with E-state index in [4.69, 9.17) is 19.9 Å². The molecule has 5 rings (SSSR count). The van der Waals surface area contributed by atoms with E-state index in [0.29, 0.717) is 74.5 Å². The van der Waals surface area contributed by atoms with Gasteiger partial charge in [0, 0.05) is 65.3 Å². The molecule has 2 heterocycles. The van der Waals surface area contributed by atoms with Crippen LogP contribution in [0.25, 0.3) is 0 Å². The molecule has 3 aliphatic rings. The van der Waals surface area contributed by atoms with Crippen LogP contribution in [0.2, 0.25) is 0 Å². The fraction of sp³-hybridized carbons (Fsp3) is 0.685. The van der Waals surface area contributed by atoms with Gasteiger partial charge in [-0.25, -0.2) is 4.79 Å². The molecule has 1 saturated heterocycles. The number of nitrogens with one attached hydrogen (secondary N) is 5. The molecule has 13 atom stereocenters. The van der Waals surface area contributed by atoms with Gasteiger partial charge in [0.15, 0.2) is 0 Å². The highest BCUT2D eigenvalue weighted by Crippen LogP contribution is 2.33. The molecule has 2 fully saturated rings. The van der Waals surface area contributed by atoms with Crippen LogP contribution in [0.1, 0.15) is 177 Å². The van der Waals surface area contributed by atoms with Gasteiger partial charge in [-0.3, -0.25) is 48.2 Å². The Kier molecular flexibility index (Phi) is 32.4. The standard InChI is InChI=1S/C73H116N10O13/c1-16-47(8)65(58(94-14)41-61(86)82-39-23-27-57(82)67(95-15)49(10)68(88)76-50(11)66(87)54-25-20-17-21-26-54)80(12)72(92)63(45(4)5)79-71(91)64(46(6)7)81(13)73(93)96-43-53-32-34-55(35-33-53)77-69(89)56(40-51-28-30-52(42-74)31-29-51)78-70(90)62(44(2)3)75-48(9)24-19-18-22-38-83-59(84)36-37-60(83)85/h17,20-21,25-26,32-37,44-52,56-58,62-67,75,87H,16,18-19,22-24,27-31,38-43,74H2,1-15H3,(H,76,88)(H,77,89)(H,78,90)(H,79,91)/t47-,48-,49+,50+,51?,52?,56-,57-,58+,62-,63-,64-,65-,66+,67+/m0/s1. The van der Waals surface area contributed by atoms with E-state index in [9.17, 15) is 48.3 Å². The number of hydrogen-bond acceptors (Lipinski definition) is 15. The molecule has 23 nitrogen and oxygen atoms in total. The molecule has 2 aromatic rings. The number of anilines is 1. The maximum atomic E-state index is 14.9. The van der Waals surface area contributed by atoms with Crippen LogP contribution in [0, 0.1) is 41.4 Å². The lowest BCUT2D eigenvalue weighted by Gasteiger charge is -2.41. The summed E-state index contributed by atoms with van der Waals surface area (Å²) in [5, 5.41) is 26.5. The molecule has 8 N–H and O–H groups in total. The Morgan fingerprint density at radius 3 is 1.90 bits per heavy atom. The summed E-state index contributed by atoms with van der Waals surface area (Å²) in [6.07, 6.45) is 8.61. The van der Waals surface area contributed by atoms with Crippen molar-refractivity contribution in [3.8, 4) is 0 Å². The van der Waals surface area contributed by atoms with Crippen LogP contribution < -0.4 is 32.3 Å². The van der Waals surface area contributed by atoms with Gasteiger partial charge < -0.3 is 61.4 Å². The van der Waals surface area contributed by atoms with Crippen LogP contribution >= 0.6 is 0 Å². The molecule has 0 unspecified atom stereocenters. The summed E-state index contributed by atoms with van der Waals surface area (Å²) in [5.74, 6) is -3.76. The number of carbonyl (C=O) groups excluding carboxylic acids is 9. The van der Waals surface area contributed by atoms with Gasteiger partial charge in [-0.2, -0.15) is 0 Å². The molecule has 23 heteroatoms. The number of likely N-dealkylation sites (N-methyl/N-ethyl adjacent to an activating group) is 2. The number of ether oxygens (including phenoxy) is 3. The molecule has 0 bridgehead atoms. The van der Waals surface area contributed by atoms with Gasteiger partial charge in [0.2, 0.25) is 35.4 Å². The van der Waals surface area contributed by atoms with Gasteiger partial charge in [0.1, 0.15) is 24.7 Å². The number of methoxy groups -OCH3 is 2. The van der Waals surface area contributed by atoms with Crippen molar-refractivity contribution in [1.82, 2.24) is 40.9 Å². The Hall–Kier alpha value is -6.79. The number of unbranched alkanes of at least 4 members (excludes halogenated alkanes) is 2. The summed E-state index contributed by atoms with van der Waals surface area (Å²) in [5.41, 5.74) is 7.78. The predicted molar refractivity (Wildman–Crippen MR) is 370 cm³/mol. The van der Waals surface area contributed by atoms with E-state index < -0.39 is 96.3 Å². The first-order valence-corrected chi connectivity index (χ1v) is 35.1. The number of carbonyl (C=O) groups is 9. The third kappa shape index (κ3) is 22.6. The molecule has 1 aliphatic carbocycles. The topological polar surface area (TPSA) is 301 Å². The molecule has 0 aromatic heterocycles. The second kappa shape index (κ2) is 39.0. The number of amides is 9. The summed E-state index contributed by atoms with van der Waals surface area (Å²) in [4.78, 5) is 130. The zero-order valence-electron chi connectivity index (χ0n) is 60.0. The van der Waals surface area contributed by atoms with E-state index in [0.717, 1.165) is 44.9 Å². The second-order valence-electron chi connectivity index (χ2n) is 28.2. The van der Waals surface area contributed by atoms with Gasteiger partial charge >= 0.3 is 6.09 Å². The molecular weight excluding hydrogens is 1220 g/mol. The zero-order chi connectivity index (χ0) is 71.1. The van der Waals surface area contributed by atoms with Crippen molar-refractivity contribution in [3.05, 3.63) is 77.9 Å². The van der Waals surface area contributed by atoms with Crippen LogP contribution in [0.5, 0.6) is 0 Å². The van der Waals surface area contributed by atoms with Gasteiger partial charge in [0.05, 0.1) is 54.8 Å². The lowest BCUT2D eigenvalue weighted by Crippen LogP contribution is -2.60. The van der Waals surface area contributed by atoms with E-state index in [2.05, 4.69) is 26.6 Å². The zero-order valence-corrected chi connectivity index (χ0v) is 60.0. The molecule has 2 aliphatic heterocycles. The highest BCUT2D eigenvalue weighted by Gasteiger charge is 2.44. The highest BCUT2D eigenvalue weighted by molar-refractivity contribution is 6.12. The minimum absolute atomic E-state index is 0.0238. The van der Waals surface area contributed by atoms with Gasteiger partial charge in [-0.1, -0.05) is 137 Å². The third-order valence-electron chi connectivity index (χ3n) is 20.0. The Morgan fingerprint density at radius 2 is 1.32 bits per heavy atom. The smallest absolute Gasteiger partial charge is 0.410 e. The molecule has 2 aromatic carbocycles. The molecule has 1 saturated carbocycles. The predicted octanol–water partition coefficient (Wildman–Crippen LogP) is 7.65. The van der Waals surface area contributed by atoms with Crippen molar-refractivity contribution >= 4 is 59.0 Å². The summed E-state index contributed by atoms with van der Waals surface area (Å²) in [6, 6.07) is 10.8. The number of likely N-dealkylation sites (tertiary alicyclic amines) is 1. The molecule has 96 heavy (non-hydrogen) atoms. The summed E-state index contributed by atoms with van der Waals surface area (Å²) in [7, 11) is 6.18. The number of aliphatic hydroxyl groups is 1. The molecule has 536 valence electrons. The molecule has 0 spiro atoms. The third-order valence-corrected chi connectivity index (χ3v) is 20.0. The fourth-order valence-electron chi connectivity index (χ4n) is 13.9. The number of nitrogens with zero attached hydrogens (tertiary/aromatic N) is 4. The monoisotopic (exact) mass is 1340 g/mol. The maximum Gasteiger partial charge on any atom is 0.410 e. The van der Waals surface area contributed by atoms with Gasteiger partial charge in [0.25, 0.3) is 11.8 Å². The van der Waals surface area contributed by atoms with Crippen LogP contribution in [0.15, 0.2) is 66.7 Å². The number of hydrogen-bond donors (Lipinski definition) is 7. The highest BCUT2D eigenvalue weighted by atomic mass is 16.6. The van der Waals surface area contributed by atoms with Crippen LogP contribution in [-0.4, -0.2) is 187 Å². The van der Waals surface area contributed by atoms with E-state index in [-0.39, 0.29) is 72.3 Å². The number of rotatable bonds is 38. The van der Waals surface area contributed by atoms with Gasteiger partial charge in [-0.15, -0.1) is 0 Å². The lowest BCUT2D eigenvalue weighted by atomic mass is 9.79. The first kappa shape index (κ1) is 79.9. The van der Waals surface area contributed by atoms with Crippen molar-refractivity contribution in [3.63, 3.8) is 0 Å². The van der Waals surface area contributed by atoms with Crippen molar-refractivity contribution in [2.24, 2.45) is 47.2 Å². The van der Waals surface area contributed by atoms with E-state index >= 15 is 0 Å². The summed E-state index contributed by atoms with van der Waals surface area (Å²) >= 11 is 0. The van der Waals surface area contributed by atoms with E-state index in [1.807, 2.05) is 66.7 Å². The Balaban J connectivity index is 1.18. The second-order valence-corrected chi connectivity index (χ2v) is 28.2. The fourth-order valence-corrected chi connectivity index (χ4v) is 13.9. The van der Waals surface area contributed by atoms with Crippen LogP contribution in [-0.2, 0) is 59.2 Å². The molecule has 9 amide bonds. The van der Waals surface area contributed by atoms with Crippen LogP contribution in [0.4, 0.5) is 10.5 Å². The van der Waals surface area contributed by atoms with Crippen molar-refractivity contribution < 1.29 is 62.5 Å². The summed E-state index contributed by atoms with van der Waals surface area (Å²) in [6.45, 7) is 22.0. The summed E-state index contributed by atoms with van der Waals surface area (Å²) < 4.78 is 17.9. The van der Waals surface area contributed by atoms with E-state index in [1.165, 1.54) is 43.2 Å². The normalized spacial score (nSPS) is 20.3. The largest absolute Gasteiger partial charge is 0.445 e. The average molecular weight is 1340 g/mol. The Labute approximate surface area is 571 Å². The molecular formula is C73H116N10O13. The Bertz CT molecular complexity index is 2850. The number of nitrogens with two attached hydrogens (primary N) is 1. The van der Waals surface area contributed by atoms with Gasteiger partial charge in [-0.05, 0) is 124 Å². The number of imide groups is 1. The van der Waals surface area contributed by atoms with Crippen molar-refractivity contribution in [2.45, 2.75) is 233 Å². The number of aliphatic hydroxyl groups excluding tert-OH is 1. The van der Waals surface area contributed by atoms with E-state index in [1.54, 1.807) is 80.9 Å². The number of benzene rings is 2. The first-order valence-electron chi connectivity index (χ1n) is 35.1. The molecule has 0 radical (unpaired) electrons. The maximum absolute atomic E-state index is 14.9. The average Bonchev–Trinajstić information content (AvgIpc) is 1.72. The van der Waals surface area contributed by atoms with Crippen molar-refractivity contribution in [2.75, 3.05) is 53.3 Å². The lowest BCUT2D eigenvalue weighted by molar-refractivity contribution is -0.148. The Morgan fingerprint density at radius 1 is 0.698 bits per heavy atom. The minimum Gasteiger partial charge on any atom is -0.445 e.